The molecule has 0 bridgehead atoms. The molecule has 4 aromatic rings. The maximum atomic E-state index is 14.0. The molecule has 0 unspecified atom stereocenters. The first kappa shape index (κ1) is 23.6. The van der Waals surface area contributed by atoms with Gasteiger partial charge in [-0.3, -0.25) is 14.5 Å². The van der Waals surface area contributed by atoms with Crippen molar-refractivity contribution in [3.8, 4) is 0 Å². The standard InChI is InChI=1S/C30H24BrN3O2/c31-25-17-9-8-16-24(25)30(36)34-20-23-15-7-10-18-26(23)33-27(22-13-5-2-6-14-22)28(34)29(35)32-19-21-11-3-1-4-12-21/h1-18,33H,19-20H2,(H,32,35). The molecule has 0 atom stereocenters. The number of benzene rings is 4. The van der Waals surface area contributed by atoms with Gasteiger partial charge in [0.2, 0.25) is 0 Å². The minimum Gasteiger partial charge on any atom is -0.353 e. The number of amides is 2. The molecule has 1 aliphatic heterocycles. The lowest BCUT2D eigenvalue weighted by molar-refractivity contribution is -0.118. The Morgan fingerprint density at radius 2 is 1.44 bits per heavy atom. The predicted octanol–water partition coefficient (Wildman–Crippen LogP) is 6.20. The second-order valence-corrected chi connectivity index (χ2v) is 9.27. The van der Waals surface area contributed by atoms with Gasteiger partial charge in [0.25, 0.3) is 11.8 Å². The minimum atomic E-state index is -0.335. The van der Waals surface area contributed by atoms with Crippen LogP contribution in [0.4, 0.5) is 5.69 Å². The van der Waals surface area contributed by atoms with Crippen LogP contribution in [0, 0.1) is 0 Å². The van der Waals surface area contributed by atoms with Crippen LogP contribution in [-0.2, 0) is 17.9 Å². The summed E-state index contributed by atoms with van der Waals surface area (Å²) in [6.45, 7) is 0.586. The molecular weight excluding hydrogens is 514 g/mol. The summed E-state index contributed by atoms with van der Waals surface area (Å²) in [4.78, 5) is 29.4. The Labute approximate surface area is 218 Å². The zero-order valence-corrected chi connectivity index (χ0v) is 21.0. The van der Waals surface area contributed by atoms with Gasteiger partial charge in [0.05, 0.1) is 17.8 Å². The van der Waals surface area contributed by atoms with E-state index in [1.54, 1.807) is 11.0 Å². The molecule has 1 heterocycles. The van der Waals surface area contributed by atoms with Crippen molar-refractivity contribution in [3.63, 3.8) is 0 Å². The summed E-state index contributed by atoms with van der Waals surface area (Å²) in [7, 11) is 0. The molecule has 5 nitrogen and oxygen atoms in total. The normalized spacial score (nSPS) is 12.9. The maximum Gasteiger partial charge on any atom is 0.270 e. The van der Waals surface area contributed by atoms with Gasteiger partial charge in [-0.05, 0) is 45.3 Å². The van der Waals surface area contributed by atoms with Crippen LogP contribution >= 0.6 is 15.9 Å². The summed E-state index contributed by atoms with van der Waals surface area (Å²) in [5.41, 5.74) is 4.88. The number of carbonyl (C=O) groups is 2. The number of hydrogen-bond acceptors (Lipinski definition) is 3. The first-order chi connectivity index (χ1) is 17.6. The quantitative estimate of drug-likeness (QED) is 0.318. The fourth-order valence-electron chi connectivity index (χ4n) is 4.22. The van der Waals surface area contributed by atoms with E-state index in [0.29, 0.717) is 22.3 Å². The first-order valence-corrected chi connectivity index (χ1v) is 12.4. The van der Waals surface area contributed by atoms with Crippen molar-refractivity contribution in [2.24, 2.45) is 0 Å². The topological polar surface area (TPSA) is 61.4 Å². The van der Waals surface area contributed by atoms with Crippen molar-refractivity contribution in [2.45, 2.75) is 13.1 Å². The van der Waals surface area contributed by atoms with Crippen molar-refractivity contribution in [1.82, 2.24) is 10.2 Å². The monoisotopic (exact) mass is 537 g/mol. The van der Waals surface area contributed by atoms with E-state index in [4.69, 9.17) is 0 Å². The number of fused-ring (bicyclic) bond motifs is 1. The average molecular weight is 538 g/mol. The Morgan fingerprint density at radius 1 is 0.806 bits per heavy atom. The zero-order chi connectivity index (χ0) is 24.9. The van der Waals surface area contributed by atoms with Crippen LogP contribution in [0.25, 0.3) is 5.70 Å². The molecule has 0 aromatic heterocycles. The number of rotatable bonds is 5. The number of carbonyl (C=O) groups excluding carboxylic acids is 2. The summed E-state index contributed by atoms with van der Waals surface area (Å²) in [6.07, 6.45) is 0. The molecule has 36 heavy (non-hydrogen) atoms. The molecular formula is C30H24BrN3O2. The molecule has 0 aliphatic carbocycles. The number of para-hydroxylation sites is 1. The smallest absolute Gasteiger partial charge is 0.270 e. The summed E-state index contributed by atoms with van der Waals surface area (Å²) in [6, 6.07) is 34.4. The third-order valence-electron chi connectivity index (χ3n) is 6.04. The van der Waals surface area contributed by atoms with Gasteiger partial charge in [0, 0.05) is 22.3 Å². The van der Waals surface area contributed by atoms with E-state index < -0.39 is 0 Å². The Morgan fingerprint density at radius 3 is 2.19 bits per heavy atom. The van der Waals surface area contributed by atoms with Crippen LogP contribution in [0.5, 0.6) is 0 Å². The summed E-state index contributed by atoms with van der Waals surface area (Å²) >= 11 is 3.51. The maximum absolute atomic E-state index is 14.0. The van der Waals surface area contributed by atoms with Crippen molar-refractivity contribution < 1.29 is 9.59 Å². The highest BCUT2D eigenvalue weighted by Crippen LogP contribution is 2.33. The molecule has 0 saturated heterocycles. The minimum absolute atomic E-state index is 0.244. The molecule has 0 spiro atoms. The lowest BCUT2D eigenvalue weighted by atomic mass is 10.1. The number of halogens is 1. The van der Waals surface area contributed by atoms with Crippen molar-refractivity contribution in [3.05, 3.63) is 142 Å². The van der Waals surface area contributed by atoms with Crippen LogP contribution in [0.15, 0.2) is 119 Å². The molecule has 2 amide bonds. The molecule has 2 N–H and O–H groups in total. The van der Waals surface area contributed by atoms with Gasteiger partial charge in [-0.1, -0.05) is 91.0 Å². The highest BCUT2D eigenvalue weighted by atomic mass is 79.9. The molecule has 5 rings (SSSR count). The molecule has 6 heteroatoms. The third-order valence-corrected chi connectivity index (χ3v) is 6.73. The second-order valence-electron chi connectivity index (χ2n) is 8.41. The molecule has 0 saturated carbocycles. The zero-order valence-electron chi connectivity index (χ0n) is 19.4. The summed E-state index contributed by atoms with van der Waals surface area (Å²) < 4.78 is 0.672. The van der Waals surface area contributed by atoms with Gasteiger partial charge in [-0.2, -0.15) is 0 Å². The molecule has 0 radical (unpaired) electrons. The predicted molar refractivity (Wildman–Crippen MR) is 146 cm³/mol. The number of anilines is 1. The highest BCUT2D eigenvalue weighted by molar-refractivity contribution is 9.10. The van der Waals surface area contributed by atoms with E-state index >= 15 is 0 Å². The lowest BCUT2D eigenvalue weighted by Gasteiger charge is -2.26. The van der Waals surface area contributed by atoms with Gasteiger partial charge in [0.1, 0.15) is 5.70 Å². The Kier molecular flexibility index (Phi) is 6.96. The van der Waals surface area contributed by atoms with Gasteiger partial charge in [-0.15, -0.1) is 0 Å². The van der Waals surface area contributed by atoms with Crippen molar-refractivity contribution in [1.29, 1.82) is 0 Å². The lowest BCUT2D eigenvalue weighted by Crippen LogP contribution is -2.39. The second kappa shape index (κ2) is 10.6. The fourth-order valence-corrected chi connectivity index (χ4v) is 4.68. The molecule has 0 fully saturated rings. The van der Waals surface area contributed by atoms with E-state index in [0.717, 1.165) is 22.4 Å². The number of hydrogen-bond donors (Lipinski definition) is 2. The molecule has 4 aromatic carbocycles. The van der Waals surface area contributed by atoms with Crippen LogP contribution in [-0.4, -0.2) is 16.7 Å². The van der Waals surface area contributed by atoms with Crippen molar-refractivity contribution in [2.75, 3.05) is 5.32 Å². The van der Waals surface area contributed by atoms with Crippen molar-refractivity contribution >= 4 is 39.1 Å². The van der Waals surface area contributed by atoms with E-state index in [1.165, 1.54) is 0 Å². The van der Waals surface area contributed by atoms with Gasteiger partial charge in [0.15, 0.2) is 0 Å². The van der Waals surface area contributed by atoms with E-state index in [2.05, 4.69) is 26.6 Å². The summed E-state index contributed by atoms with van der Waals surface area (Å²) in [5, 5.41) is 6.50. The van der Waals surface area contributed by atoms with E-state index in [-0.39, 0.29) is 24.1 Å². The first-order valence-electron chi connectivity index (χ1n) is 11.6. The summed E-state index contributed by atoms with van der Waals surface area (Å²) in [5.74, 6) is -0.599. The fraction of sp³-hybridized carbons (Fsp3) is 0.0667. The average Bonchev–Trinajstić information content (AvgIpc) is 3.10. The number of nitrogens with zero attached hydrogens (tertiary/aromatic N) is 1. The van der Waals surface area contributed by atoms with E-state index in [9.17, 15) is 9.59 Å². The van der Waals surface area contributed by atoms with Gasteiger partial charge < -0.3 is 10.6 Å². The largest absolute Gasteiger partial charge is 0.353 e. The SMILES string of the molecule is O=C(NCc1ccccc1)C1=C(c2ccccc2)Nc2ccccc2CN1C(=O)c1ccccc1Br. The third kappa shape index (κ3) is 4.95. The molecule has 1 aliphatic rings. The van der Waals surface area contributed by atoms with Crippen LogP contribution in [0.1, 0.15) is 27.0 Å². The Balaban J connectivity index is 1.65. The molecule has 178 valence electrons. The Bertz CT molecular complexity index is 1440. The van der Waals surface area contributed by atoms with Crippen LogP contribution in [0.2, 0.25) is 0 Å². The van der Waals surface area contributed by atoms with Crippen LogP contribution in [0.3, 0.4) is 0 Å². The van der Waals surface area contributed by atoms with Gasteiger partial charge >= 0.3 is 0 Å². The number of nitrogens with one attached hydrogen (secondary N) is 2. The van der Waals surface area contributed by atoms with Crippen LogP contribution < -0.4 is 10.6 Å². The highest BCUT2D eigenvalue weighted by Gasteiger charge is 2.32. The van der Waals surface area contributed by atoms with E-state index in [1.807, 2.05) is 103 Å². The van der Waals surface area contributed by atoms with Gasteiger partial charge in [-0.25, -0.2) is 0 Å². The Hall–Kier alpha value is -4.16.